The van der Waals surface area contributed by atoms with Gasteiger partial charge in [0.25, 0.3) is 0 Å². The van der Waals surface area contributed by atoms with Gasteiger partial charge in [-0.1, -0.05) is 26.7 Å². The molecule has 0 radical (unpaired) electrons. The van der Waals surface area contributed by atoms with E-state index in [1.807, 2.05) is 13.8 Å². The Bertz CT molecular complexity index is 548. The molecule has 1 aliphatic rings. The largest absolute Gasteiger partial charge is 0.378 e. The number of anilines is 1. The van der Waals surface area contributed by atoms with Gasteiger partial charge in [-0.15, -0.1) is 5.10 Å². The lowest BCUT2D eigenvalue weighted by molar-refractivity contribution is -0.0271. The minimum Gasteiger partial charge on any atom is -0.378 e. The van der Waals surface area contributed by atoms with Crippen LogP contribution in [0, 0.1) is 31.1 Å². The van der Waals surface area contributed by atoms with Crippen molar-refractivity contribution in [1.82, 2.24) is 10.2 Å². The van der Waals surface area contributed by atoms with Gasteiger partial charge < -0.3 is 10.1 Å². The quantitative estimate of drug-likeness (QED) is 0.903. The Morgan fingerprint density at radius 2 is 2.05 bits per heavy atom. The van der Waals surface area contributed by atoms with Crippen molar-refractivity contribution in [2.45, 2.75) is 65.5 Å². The number of nitrogens with zero attached hydrogens (tertiary/aromatic N) is 3. The predicted molar refractivity (Wildman–Crippen MR) is 86.7 cm³/mol. The van der Waals surface area contributed by atoms with Gasteiger partial charge in [0.1, 0.15) is 11.6 Å². The second kappa shape index (κ2) is 7.55. The summed E-state index contributed by atoms with van der Waals surface area (Å²) >= 11 is 0. The first-order valence-corrected chi connectivity index (χ1v) is 8.22. The topological polar surface area (TPSA) is 70.8 Å². The molecule has 1 fully saturated rings. The second-order valence-corrected chi connectivity index (χ2v) is 6.10. The normalized spacial score (nSPS) is 21.6. The second-order valence-electron chi connectivity index (χ2n) is 6.10. The van der Waals surface area contributed by atoms with Crippen molar-refractivity contribution < 1.29 is 4.74 Å². The standard InChI is InChI=1S/C17H26N4O/c1-5-13(6-2)16-9-14(7-8-22-16)19-17-15(10-18)11(3)12(4)20-21-17/h13-14,16H,5-9H2,1-4H3,(H,19,21). The highest BCUT2D eigenvalue weighted by molar-refractivity contribution is 5.56. The van der Waals surface area contributed by atoms with Crippen molar-refractivity contribution in [2.75, 3.05) is 11.9 Å². The molecular weight excluding hydrogens is 276 g/mol. The van der Waals surface area contributed by atoms with Crippen LogP contribution in [0.4, 0.5) is 5.82 Å². The maximum atomic E-state index is 9.39. The van der Waals surface area contributed by atoms with Crippen molar-refractivity contribution in [2.24, 2.45) is 5.92 Å². The van der Waals surface area contributed by atoms with Crippen molar-refractivity contribution in [3.8, 4) is 6.07 Å². The Morgan fingerprint density at radius 3 is 2.68 bits per heavy atom. The van der Waals surface area contributed by atoms with Crippen molar-refractivity contribution >= 4 is 5.82 Å². The fourth-order valence-electron chi connectivity index (χ4n) is 3.14. The minimum atomic E-state index is 0.294. The lowest BCUT2D eigenvalue weighted by atomic mass is 9.89. The minimum absolute atomic E-state index is 0.294. The Hall–Kier alpha value is -1.67. The summed E-state index contributed by atoms with van der Waals surface area (Å²) in [4.78, 5) is 0. The van der Waals surface area contributed by atoms with Crippen molar-refractivity contribution in [3.05, 3.63) is 16.8 Å². The van der Waals surface area contributed by atoms with E-state index in [0.29, 0.717) is 29.4 Å². The number of aromatic nitrogens is 2. The summed E-state index contributed by atoms with van der Waals surface area (Å²) in [5, 5.41) is 21.1. The highest BCUT2D eigenvalue weighted by atomic mass is 16.5. The van der Waals surface area contributed by atoms with Gasteiger partial charge in [-0.25, -0.2) is 0 Å². The zero-order valence-electron chi connectivity index (χ0n) is 14.0. The summed E-state index contributed by atoms with van der Waals surface area (Å²) < 4.78 is 5.95. The van der Waals surface area contributed by atoms with Crippen LogP contribution in [0.25, 0.3) is 0 Å². The third kappa shape index (κ3) is 3.56. The fourth-order valence-corrected chi connectivity index (χ4v) is 3.14. The molecule has 0 spiro atoms. The number of nitriles is 1. The average Bonchev–Trinajstić information content (AvgIpc) is 2.53. The zero-order valence-corrected chi connectivity index (χ0v) is 14.0. The average molecular weight is 302 g/mol. The van der Waals surface area contributed by atoms with E-state index in [1.165, 1.54) is 0 Å². The highest BCUT2D eigenvalue weighted by Gasteiger charge is 2.28. The molecular formula is C17H26N4O. The molecule has 0 bridgehead atoms. The summed E-state index contributed by atoms with van der Waals surface area (Å²) in [5.41, 5.74) is 2.32. The molecule has 0 saturated carbocycles. The van der Waals surface area contributed by atoms with Crippen LogP contribution in [0.1, 0.15) is 56.4 Å². The lowest BCUT2D eigenvalue weighted by Crippen LogP contribution is -2.38. The molecule has 0 amide bonds. The summed E-state index contributed by atoms with van der Waals surface area (Å²) in [7, 11) is 0. The van der Waals surface area contributed by atoms with E-state index in [2.05, 4.69) is 35.4 Å². The van der Waals surface area contributed by atoms with E-state index in [4.69, 9.17) is 4.74 Å². The number of rotatable bonds is 5. The zero-order chi connectivity index (χ0) is 16.1. The summed E-state index contributed by atoms with van der Waals surface area (Å²) in [6.07, 6.45) is 4.48. The molecule has 120 valence electrons. The SMILES string of the molecule is CCC(CC)C1CC(Nc2nnc(C)c(C)c2C#N)CCO1. The van der Waals surface area contributed by atoms with Gasteiger partial charge in [0.15, 0.2) is 5.82 Å². The van der Waals surface area contributed by atoms with E-state index in [0.717, 1.165) is 43.5 Å². The molecule has 2 unspecified atom stereocenters. The molecule has 1 aromatic heterocycles. The molecule has 22 heavy (non-hydrogen) atoms. The molecule has 0 aromatic carbocycles. The Labute approximate surface area is 133 Å². The number of ether oxygens (including phenoxy) is 1. The van der Waals surface area contributed by atoms with Crippen LogP contribution in [-0.4, -0.2) is 29.0 Å². The molecule has 1 aromatic rings. The van der Waals surface area contributed by atoms with E-state index in [1.54, 1.807) is 0 Å². The first kappa shape index (κ1) is 16.7. The fraction of sp³-hybridized carbons (Fsp3) is 0.706. The molecule has 1 N–H and O–H groups in total. The van der Waals surface area contributed by atoms with Crippen molar-refractivity contribution in [1.29, 1.82) is 5.26 Å². The van der Waals surface area contributed by atoms with Crippen molar-refractivity contribution in [3.63, 3.8) is 0 Å². The molecule has 1 aliphatic heterocycles. The Kier molecular flexibility index (Phi) is 5.73. The van der Waals surface area contributed by atoms with Gasteiger partial charge >= 0.3 is 0 Å². The summed E-state index contributed by atoms with van der Waals surface area (Å²) in [6.45, 7) is 9.00. The lowest BCUT2D eigenvalue weighted by Gasteiger charge is -2.34. The monoisotopic (exact) mass is 302 g/mol. The van der Waals surface area contributed by atoms with Crippen LogP contribution < -0.4 is 5.32 Å². The van der Waals surface area contributed by atoms with Crippen LogP contribution in [0.5, 0.6) is 0 Å². The van der Waals surface area contributed by atoms with E-state index in [9.17, 15) is 5.26 Å². The van der Waals surface area contributed by atoms with Gasteiger partial charge in [-0.2, -0.15) is 10.4 Å². The Morgan fingerprint density at radius 1 is 1.32 bits per heavy atom. The molecule has 5 nitrogen and oxygen atoms in total. The van der Waals surface area contributed by atoms with Crippen LogP contribution in [-0.2, 0) is 4.74 Å². The smallest absolute Gasteiger partial charge is 0.167 e. The number of hydrogen-bond acceptors (Lipinski definition) is 5. The van der Waals surface area contributed by atoms with E-state index >= 15 is 0 Å². The molecule has 5 heteroatoms. The molecule has 0 aliphatic carbocycles. The van der Waals surface area contributed by atoms with E-state index < -0.39 is 0 Å². The molecule has 2 atom stereocenters. The number of aryl methyl sites for hydroxylation is 1. The summed E-state index contributed by atoms with van der Waals surface area (Å²) in [5.74, 6) is 1.21. The first-order valence-electron chi connectivity index (χ1n) is 8.22. The maximum absolute atomic E-state index is 9.39. The van der Waals surface area contributed by atoms with Gasteiger partial charge in [-0.05, 0) is 38.2 Å². The molecule has 2 heterocycles. The third-order valence-electron chi connectivity index (χ3n) is 4.80. The van der Waals surface area contributed by atoms with Gasteiger partial charge in [-0.3, -0.25) is 0 Å². The number of nitrogens with one attached hydrogen (secondary N) is 1. The van der Waals surface area contributed by atoms with Gasteiger partial charge in [0, 0.05) is 12.6 Å². The van der Waals surface area contributed by atoms with Gasteiger partial charge in [0.2, 0.25) is 0 Å². The predicted octanol–water partition coefficient (Wildman–Crippen LogP) is 3.36. The molecule has 2 rings (SSSR count). The highest BCUT2D eigenvalue weighted by Crippen LogP contribution is 2.27. The maximum Gasteiger partial charge on any atom is 0.167 e. The third-order valence-corrected chi connectivity index (χ3v) is 4.80. The van der Waals surface area contributed by atoms with Crippen LogP contribution >= 0.6 is 0 Å². The van der Waals surface area contributed by atoms with Gasteiger partial charge in [0.05, 0.1) is 11.8 Å². The summed E-state index contributed by atoms with van der Waals surface area (Å²) in [6, 6.07) is 2.55. The Balaban J connectivity index is 2.11. The first-order chi connectivity index (χ1) is 10.6. The van der Waals surface area contributed by atoms with Crippen LogP contribution in [0.2, 0.25) is 0 Å². The van der Waals surface area contributed by atoms with E-state index in [-0.39, 0.29) is 0 Å². The number of hydrogen-bond donors (Lipinski definition) is 1. The van der Waals surface area contributed by atoms with Crippen LogP contribution in [0.15, 0.2) is 0 Å². The molecule has 1 saturated heterocycles. The van der Waals surface area contributed by atoms with Crippen LogP contribution in [0.3, 0.4) is 0 Å².